The van der Waals surface area contributed by atoms with Gasteiger partial charge in [0.15, 0.2) is 0 Å². The first-order chi connectivity index (χ1) is 7.60. The Kier molecular flexibility index (Phi) is 3.50. The average molecular weight is 227 g/mol. The molecule has 1 unspecified atom stereocenters. The van der Waals surface area contributed by atoms with Crippen molar-refractivity contribution in [3.05, 3.63) is 0 Å². The maximum absolute atomic E-state index is 10.6. The monoisotopic (exact) mass is 227 g/mol. The Hall–Kier alpha value is -0.610. The second kappa shape index (κ2) is 4.72. The van der Waals surface area contributed by atoms with Crippen LogP contribution >= 0.6 is 0 Å². The smallest absolute Gasteiger partial charge is 0.303 e. The van der Waals surface area contributed by atoms with E-state index in [1.807, 2.05) is 6.92 Å². The Labute approximate surface area is 96.6 Å². The first-order valence-electron chi connectivity index (χ1n) is 6.12. The maximum Gasteiger partial charge on any atom is 0.303 e. The van der Waals surface area contributed by atoms with Gasteiger partial charge < -0.3 is 14.7 Å². The van der Waals surface area contributed by atoms with E-state index in [4.69, 9.17) is 9.84 Å². The lowest BCUT2D eigenvalue weighted by atomic mass is 9.73. The van der Waals surface area contributed by atoms with Crippen molar-refractivity contribution in [3.8, 4) is 0 Å². The molecule has 2 saturated heterocycles. The number of carboxylic acids is 1. The lowest BCUT2D eigenvalue weighted by molar-refractivity contribution is -0.138. The lowest BCUT2D eigenvalue weighted by Gasteiger charge is -2.53. The molecule has 0 aromatic carbocycles. The van der Waals surface area contributed by atoms with Crippen molar-refractivity contribution >= 4 is 5.97 Å². The van der Waals surface area contributed by atoms with Crippen molar-refractivity contribution in [2.24, 2.45) is 11.3 Å². The molecule has 0 aromatic heterocycles. The largest absolute Gasteiger partial charge is 0.481 e. The molecule has 1 spiro atoms. The summed E-state index contributed by atoms with van der Waals surface area (Å²) < 4.78 is 5.37. The molecule has 4 nitrogen and oxygen atoms in total. The van der Waals surface area contributed by atoms with Gasteiger partial charge in [0, 0.05) is 44.7 Å². The van der Waals surface area contributed by atoms with Crippen LogP contribution in [0.5, 0.6) is 0 Å². The summed E-state index contributed by atoms with van der Waals surface area (Å²) in [6.45, 7) is 7.02. The van der Waals surface area contributed by atoms with Crippen molar-refractivity contribution < 1.29 is 14.6 Å². The van der Waals surface area contributed by atoms with Crippen molar-refractivity contribution in [2.45, 2.75) is 26.2 Å². The third-order valence-corrected chi connectivity index (χ3v) is 3.76. The molecule has 2 rings (SSSR count). The molecule has 0 saturated carbocycles. The van der Waals surface area contributed by atoms with Gasteiger partial charge in [0.1, 0.15) is 0 Å². The van der Waals surface area contributed by atoms with Gasteiger partial charge >= 0.3 is 5.97 Å². The van der Waals surface area contributed by atoms with Crippen LogP contribution in [-0.4, -0.2) is 48.8 Å². The predicted octanol–water partition coefficient (Wildman–Crippen LogP) is 1.21. The third kappa shape index (κ3) is 2.74. The molecule has 16 heavy (non-hydrogen) atoms. The number of carboxylic acid groups (broad SMARTS) is 1. The fourth-order valence-corrected chi connectivity index (χ4v) is 2.96. The summed E-state index contributed by atoms with van der Waals surface area (Å²) in [4.78, 5) is 12.9. The normalized spacial score (nSPS) is 26.3. The molecule has 0 bridgehead atoms. The molecule has 1 N–H and O–H groups in total. The molecular formula is C12H21NO3. The van der Waals surface area contributed by atoms with Crippen molar-refractivity contribution in [1.82, 2.24) is 4.90 Å². The van der Waals surface area contributed by atoms with E-state index in [9.17, 15) is 4.79 Å². The van der Waals surface area contributed by atoms with E-state index in [2.05, 4.69) is 4.90 Å². The second-order valence-corrected chi connectivity index (χ2v) is 5.49. The molecular weight excluding hydrogens is 206 g/mol. The van der Waals surface area contributed by atoms with Gasteiger partial charge in [-0.1, -0.05) is 6.92 Å². The van der Waals surface area contributed by atoms with Crippen LogP contribution in [-0.2, 0) is 9.53 Å². The minimum Gasteiger partial charge on any atom is -0.481 e. The zero-order valence-electron chi connectivity index (χ0n) is 9.95. The van der Waals surface area contributed by atoms with Crippen LogP contribution in [0.3, 0.4) is 0 Å². The van der Waals surface area contributed by atoms with Crippen LogP contribution in [0.2, 0.25) is 0 Å². The molecule has 0 aromatic rings. The molecule has 0 aliphatic carbocycles. The Balaban J connectivity index is 1.69. The predicted molar refractivity (Wildman–Crippen MR) is 60.3 cm³/mol. The summed E-state index contributed by atoms with van der Waals surface area (Å²) >= 11 is 0. The Morgan fingerprint density at radius 2 is 2.06 bits per heavy atom. The van der Waals surface area contributed by atoms with Crippen molar-refractivity contribution in [2.75, 3.05) is 32.8 Å². The minimum absolute atomic E-state index is 0.259. The molecule has 2 fully saturated rings. The second-order valence-electron chi connectivity index (χ2n) is 5.49. The highest BCUT2D eigenvalue weighted by atomic mass is 16.5. The average Bonchev–Trinajstić information content (AvgIpc) is 2.15. The number of likely N-dealkylation sites (tertiary alicyclic amines) is 1. The molecule has 0 radical (unpaired) electrons. The number of hydrogen-bond acceptors (Lipinski definition) is 3. The van der Waals surface area contributed by atoms with Gasteiger partial charge in [-0.25, -0.2) is 0 Å². The van der Waals surface area contributed by atoms with E-state index in [-0.39, 0.29) is 12.3 Å². The third-order valence-electron chi connectivity index (χ3n) is 3.76. The summed E-state index contributed by atoms with van der Waals surface area (Å²) in [6, 6.07) is 0. The van der Waals surface area contributed by atoms with Crippen LogP contribution in [0.4, 0.5) is 0 Å². The molecule has 4 heteroatoms. The van der Waals surface area contributed by atoms with Crippen molar-refractivity contribution in [3.63, 3.8) is 0 Å². The van der Waals surface area contributed by atoms with Crippen LogP contribution < -0.4 is 0 Å². The highest BCUT2D eigenvalue weighted by Crippen LogP contribution is 2.39. The van der Waals surface area contributed by atoms with Gasteiger partial charge in [-0.2, -0.15) is 0 Å². The Bertz CT molecular complexity index is 253. The topological polar surface area (TPSA) is 49.8 Å². The van der Waals surface area contributed by atoms with Crippen LogP contribution in [0, 0.1) is 11.3 Å². The first kappa shape index (κ1) is 11.9. The van der Waals surface area contributed by atoms with E-state index < -0.39 is 5.97 Å². The van der Waals surface area contributed by atoms with E-state index in [1.54, 1.807) is 0 Å². The molecule has 1 atom stereocenters. The molecule has 2 heterocycles. The quantitative estimate of drug-likeness (QED) is 0.784. The number of nitrogens with zero attached hydrogens (tertiary/aromatic N) is 1. The van der Waals surface area contributed by atoms with Gasteiger partial charge in [-0.15, -0.1) is 0 Å². The van der Waals surface area contributed by atoms with Crippen LogP contribution in [0.15, 0.2) is 0 Å². The summed E-state index contributed by atoms with van der Waals surface area (Å²) in [6.07, 6.45) is 2.64. The standard InChI is InChI=1S/C12H21NO3/c1-10(6-11(14)15)7-13-8-12(9-13)2-4-16-5-3-12/h10H,2-9H2,1H3,(H,14,15). The van der Waals surface area contributed by atoms with Crippen molar-refractivity contribution in [1.29, 1.82) is 0 Å². The van der Waals surface area contributed by atoms with E-state index in [1.165, 1.54) is 12.8 Å². The highest BCUT2D eigenvalue weighted by molar-refractivity contribution is 5.66. The summed E-state index contributed by atoms with van der Waals surface area (Å²) in [5.41, 5.74) is 0.501. The van der Waals surface area contributed by atoms with E-state index >= 15 is 0 Å². The Morgan fingerprint density at radius 1 is 1.44 bits per heavy atom. The molecule has 2 aliphatic heterocycles. The van der Waals surface area contributed by atoms with Gasteiger partial charge in [-0.05, 0) is 18.8 Å². The summed E-state index contributed by atoms with van der Waals surface area (Å²) in [5.74, 6) is -0.427. The fourth-order valence-electron chi connectivity index (χ4n) is 2.96. The lowest BCUT2D eigenvalue weighted by Crippen LogP contribution is -2.59. The summed E-state index contributed by atoms with van der Waals surface area (Å²) in [5, 5.41) is 8.69. The number of rotatable bonds is 4. The van der Waals surface area contributed by atoms with Crippen LogP contribution in [0.1, 0.15) is 26.2 Å². The number of carbonyl (C=O) groups is 1. The van der Waals surface area contributed by atoms with E-state index in [0.717, 1.165) is 32.8 Å². The highest BCUT2D eigenvalue weighted by Gasteiger charge is 2.43. The molecule has 0 amide bonds. The maximum atomic E-state index is 10.6. The number of aliphatic carboxylic acids is 1. The molecule has 2 aliphatic rings. The summed E-state index contributed by atoms with van der Waals surface area (Å²) in [7, 11) is 0. The SMILES string of the molecule is CC(CC(=O)O)CN1CC2(CCOCC2)C1. The molecule has 92 valence electrons. The van der Waals surface area contributed by atoms with Gasteiger partial charge in [0.25, 0.3) is 0 Å². The number of ether oxygens (including phenoxy) is 1. The first-order valence-corrected chi connectivity index (χ1v) is 6.12. The van der Waals surface area contributed by atoms with Gasteiger partial charge in [0.05, 0.1) is 0 Å². The minimum atomic E-state index is -0.686. The van der Waals surface area contributed by atoms with E-state index in [0.29, 0.717) is 5.41 Å². The zero-order valence-corrected chi connectivity index (χ0v) is 9.95. The zero-order chi connectivity index (χ0) is 11.6. The van der Waals surface area contributed by atoms with Gasteiger partial charge in [0.2, 0.25) is 0 Å². The fraction of sp³-hybridized carbons (Fsp3) is 0.917. The van der Waals surface area contributed by atoms with Crippen LogP contribution in [0.25, 0.3) is 0 Å². The van der Waals surface area contributed by atoms with Gasteiger partial charge in [-0.3, -0.25) is 4.79 Å². The number of hydrogen-bond donors (Lipinski definition) is 1. The Morgan fingerprint density at radius 3 is 2.62 bits per heavy atom.